The van der Waals surface area contributed by atoms with Crippen molar-refractivity contribution in [1.82, 2.24) is 0 Å². The van der Waals surface area contributed by atoms with E-state index in [-0.39, 0.29) is 17.1 Å². The summed E-state index contributed by atoms with van der Waals surface area (Å²) in [6, 6.07) is 6.18. The highest BCUT2D eigenvalue weighted by atomic mass is 28.4. The van der Waals surface area contributed by atoms with Crippen LogP contribution in [0.1, 0.15) is 51.8 Å². The van der Waals surface area contributed by atoms with Gasteiger partial charge in [-0.2, -0.15) is 0 Å². The van der Waals surface area contributed by atoms with E-state index in [4.69, 9.17) is 13.9 Å². The first-order valence-electron chi connectivity index (χ1n) is 8.65. The Bertz CT molecular complexity index is 641. The van der Waals surface area contributed by atoms with Gasteiger partial charge in [-0.15, -0.1) is 0 Å². The number of ether oxygens (including phenoxy) is 2. The molecule has 0 radical (unpaired) electrons. The standard InChI is InChI=1S/C20H32O3Si/c1-13-14(2)19(22-7)17-15(11-10-12-16(17)21-6)18(13)23-24(8,9)20(3,4)5/h10-13,18H,1-9H3/t13-,18-/m1/s1. The highest BCUT2D eigenvalue weighted by Crippen LogP contribution is 2.49. The number of hydrogen-bond acceptors (Lipinski definition) is 3. The third-order valence-electron chi connectivity index (χ3n) is 5.74. The molecule has 2 atom stereocenters. The van der Waals surface area contributed by atoms with Crippen molar-refractivity contribution in [2.75, 3.05) is 14.2 Å². The van der Waals surface area contributed by atoms with Gasteiger partial charge in [0.1, 0.15) is 11.5 Å². The van der Waals surface area contributed by atoms with Crippen LogP contribution < -0.4 is 4.74 Å². The zero-order chi connectivity index (χ0) is 18.3. The van der Waals surface area contributed by atoms with Crippen molar-refractivity contribution in [3.63, 3.8) is 0 Å². The van der Waals surface area contributed by atoms with Crippen LogP contribution in [0.2, 0.25) is 18.1 Å². The Labute approximate surface area is 148 Å². The van der Waals surface area contributed by atoms with Gasteiger partial charge in [0.2, 0.25) is 0 Å². The minimum atomic E-state index is -1.90. The zero-order valence-electron chi connectivity index (χ0n) is 16.6. The maximum Gasteiger partial charge on any atom is 0.192 e. The van der Waals surface area contributed by atoms with Crippen LogP contribution in [0.5, 0.6) is 5.75 Å². The summed E-state index contributed by atoms with van der Waals surface area (Å²) in [7, 11) is 1.55. The molecule has 0 heterocycles. The average molecular weight is 349 g/mol. The smallest absolute Gasteiger partial charge is 0.192 e. The van der Waals surface area contributed by atoms with E-state index in [0.29, 0.717) is 0 Å². The van der Waals surface area contributed by atoms with Crippen molar-refractivity contribution < 1.29 is 13.9 Å². The molecular weight excluding hydrogens is 316 g/mol. The van der Waals surface area contributed by atoms with Gasteiger partial charge in [0.05, 0.1) is 25.9 Å². The molecule has 0 aromatic heterocycles. The molecule has 0 bridgehead atoms. The average Bonchev–Trinajstić information content (AvgIpc) is 2.50. The van der Waals surface area contributed by atoms with Crippen LogP contribution in [0, 0.1) is 5.92 Å². The summed E-state index contributed by atoms with van der Waals surface area (Å²) in [6.07, 6.45) is 0.0369. The van der Waals surface area contributed by atoms with Gasteiger partial charge in [0.25, 0.3) is 0 Å². The molecule has 0 N–H and O–H groups in total. The first-order chi connectivity index (χ1) is 11.0. The lowest BCUT2D eigenvalue weighted by molar-refractivity contribution is 0.136. The van der Waals surface area contributed by atoms with Gasteiger partial charge in [-0.1, -0.05) is 39.8 Å². The topological polar surface area (TPSA) is 27.7 Å². The molecule has 1 aromatic rings. The Morgan fingerprint density at radius 2 is 1.67 bits per heavy atom. The van der Waals surface area contributed by atoms with E-state index >= 15 is 0 Å². The summed E-state index contributed by atoms with van der Waals surface area (Å²) in [5.41, 5.74) is 3.44. The molecule has 0 spiro atoms. The summed E-state index contributed by atoms with van der Waals surface area (Å²) < 4.78 is 18.2. The van der Waals surface area contributed by atoms with Gasteiger partial charge >= 0.3 is 0 Å². The summed E-state index contributed by atoms with van der Waals surface area (Å²) in [5.74, 6) is 2.04. The molecule has 1 aliphatic rings. The molecule has 1 aliphatic carbocycles. The molecule has 0 unspecified atom stereocenters. The van der Waals surface area contributed by atoms with Crippen molar-refractivity contribution >= 4 is 14.1 Å². The van der Waals surface area contributed by atoms with Crippen LogP contribution >= 0.6 is 0 Å². The molecule has 24 heavy (non-hydrogen) atoms. The lowest BCUT2D eigenvalue weighted by Crippen LogP contribution is -2.43. The Balaban J connectivity index is 2.60. The monoisotopic (exact) mass is 348 g/mol. The van der Waals surface area contributed by atoms with Crippen LogP contribution in [0.4, 0.5) is 0 Å². The predicted molar refractivity (Wildman–Crippen MR) is 103 cm³/mol. The number of hydrogen-bond donors (Lipinski definition) is 0. The first-order valence-corrected chi connectivity index (χ1v) is 11.6. The van der Waals surface area contributed by atoms with E-state index < -0.39 is 8.32 Å². The molecule has 0 saturated heterocycles. The molecule has 3 nitrogen and oxygen atoms in total. The van der Waals surface area contributed by atoms with Crippen molar-refractivity contribution in [2.45, 2.75) is 58.9 Å². The number of benzene rings is 1. The Hall–Kier alpha value is -1.26. The van der Waals surface area contributed by atoms with Crippen LogP contribution in [0.3, 0.4) is 0 Å². The van der Waals surface area contributed by atoms with Gasteiger partial charge < -0.3 is 13.9 Å². The molecule has 1 aromatic carbocycles. The van der Waals surface area contributed by atoms with Crippen molar-refractivity contribution in [3.05, 3.63) is 34.9 Å². The third kappa shape index (κ3) is 3.14. The SMILES string of the molecule is COC1=C(C)[C@@H](C)[C@@H](O[Si](C)(C)C(C)(C)C)c2cccc(OC)c21. The van der Waals surface area contributed by atoms with E-state index in [2.05, 4.69) is 53.8 Å². The number of methoxy groups -OCH3 is 2. The molecule has 0 amide bonds. The fraction of sp³-hybridized carbons (Fsp3) is 0.600. The Kier molecular flexibility index (Phi) is 5.21. The highest BCUT2D eigenvalue weighted by molar-refractivity contribution is 6.74. The minimum absolute atomic E-state index is 0.0369. The fourth-order valence-electron chi connectivity index (χ4n) is 3.02. The second-order valence-corrected chi connectivity index (χ2v) is 13.0. The van der Waals surface area contributed by atoms with Crippen LogP contribution in [-0.4, -0.2) is 22.5 Å². The molecule has 0 aliphatic heterocycles. The van der Waals surface area contributed by atoms with E-state index in [1.165, 1.54) is 11.1 Å². The molecular formula is C20H32O3Si. The van der Waals surface area contributed by atoms with E-state index in [0.717, 1.165) is 17.1 Å². The van der Waals surface area contributed by atoms with E-state index in [1.54, 1.807) is 14.2 Å². The Morgan fingerprint density at radius 3 is 2.17 bits per heavy atom. The molecule has 2 rings (SSSR count). The lowest BCUT2D eigenvalue weighted by atomic mass is 9.81. The summed E-state index contributed by atoms with van der Waals surface area (Å²) in [4.78, 5) is 0. The second-order valence-electron chi connectivity index (χ2n) is 8.23. The Morgan fingerprint density at radius 1 is 1.04 bits per heavy atom. The molecule has 134 valence electrons. The van der Waals surface area contributed by atoms with Crippen molar-refractivity contribution in [3.8, 4) is 5.75 Å². The normalized spacial score (nSPS) is 21.5. The van der Waals surface area contributed by atoms with Gasteiger partial charge in [-0.25, -0.2) is 0 Å². The first kappa shape index (κ1) is 19.1. The number of fused-ring (bicyclic) bond motifs is 1. The van der Waals surface area contributed by atoms with Gasteiger partial charge in [-0.05, 0) is 42.3 Å². The molecule has 0 fully saturated rings. The quantitative estimate of drug-likeness (QED) is 0.645. The second kappa shape index (κ2) is 6.56. The minimum Gasteiger partial charge on any atom is -0.496 e. The van der Waals surface area contributed by atoms with Crippen molar-refractivity contribution in [1.29, 1.82) is 0 Å². The van der Waals surface area contributed by atoms with Gasteiger partial charge in [-0.3, -0.25) is 0 Å². The van der Waals surface area contributed by atoms with E-state index in [9.17, 15) is 0 Å². The zero-order valence-corrected chi connectivity index (χ0v) is 17.6. The van der Waals surface area contributed by atoms with E-state index in [1.807, 2.05) is 12.1 Å². The van der Waals surface area contributed by atoms with Crippen LogP contribution in [0.15, 0.2) is 23.8 Å². The summed E-state index contributed by atoms with van der Waals surface area (Å²) >= 11 is 0. The fourth-order valence-corrected chi connectivity index (χ4v) is 4.34. The maximum absolute atomic E-state index is 6.84. The third-order valence-corrected chi connectivity index (χ3v) is 10.2. The van der Waals surface area contributed by atoms with Crippen LogP contribution in [0.25, 0.3) is 5.76 Å². The number of rotatable bonds is 4. The predicted octanol–water partition coefficient (Wildman–Crippen LogP) is 5.79. The highest BCUT2D eigenvalue weighted by Gasteiger charge is 2.43. The molecule has 0 saturated carbocycles. The largest absolute Gasteiger partial charge is 0.496 e. The summed E-state index contributed by atoms with van der Waals surface area (Å²) in [5, 5.41) is 0.172. The molecule has 4 heteroatoms. The summed E-state index contributed by atoms with van der Waals surface area (Å²) in [6.45, 7) is 15.8. The van der Waals surface area contributed by atoms with Crippen molar-refractivity contribution in [2.24, 2.45) is 5.92 Å². The maximum atomic E-state index is 6.84. The lowest BCUT2D eigenvalue weighted by Gasteiger charge is -2.43. The van der Waals surface area contributed by atoms with Crippen LogP contribution in [-0.2, 0) is 9.16 Å². The van der Waals surface area contributed by atoms with Gasteiger partial charge in [0.15, 0.2) is 8.32 Å². The van der Waals surface area contributed by atoms with Gasteiger partial charge in [0, 0.05) is 5.92 Å².